The number of rotatable bonds is 3. The van der Waals surface area contributed by atoms with Gasteiger partial charge in [-0.2, -0.15) is 0 Å². The van der Waals surface area contributed by atoms with Gasteiger partial charge in [0.05, 0.1) is 0 Å². The minimum absolute atomic E-state index is 1.06. The zero-order chi connectivity index (χ0) is 10.8. The van der Waals surface area contributed by atoms with Crippen LogP contribution in [-0.4, -0.2) is 4.98 Å². The molecule has 1 heterocycles. The molecule has 0 amide bonds. The molecule has 2 rings (SSSR count). The zero-order valence-electron chi connectivity index (χ0n) is 9.43. The van der Waals surface area contributed by atoms with Crippen LogP contribution in [0.4, 0.5) is 0 Å². The lowest BCUT2D eigenvalue weighted by Crippen LogP contribution is -1.88. The molecule has 0 aliphatic carbocycles. The first-order valence-electron chi connectivity index (χ1n) is 5.39. The molecule has 0 spiro atoms. The molecule has 0 radical (unpaired) electrons. The molecule has 1 aromatic heterocycles. The van der Waals surface area contributed by atoms with Crippen molar-refractivity contribution in [2.45, 2.75) is 26.7 Å². The van der Waals surface area contributed by atoms with Gasteiger partial charge >= 0.3 is 0 Å². The Morgan fingerprint density at radius 2 is 2.07 bits per heavy atom. The fourth-order valence-corrected chi connectivity index (χ4v) is 1.93. The van der Waals surface area contributed by atoms with Crippen LogP contribution >= 0.6 is 0 Å². The molecule has 0 unspecified atom stereocenters. The van der Waals surface area contributed by atoms with Gasteiger partial charge in [0, 0.05) is 16.6 Å². The van der Waals surface area contributed by atoms with Crippen LogP contribution in [0.25, 0.3) is 10.9 Å². The van der Waals surface area contributed by atoms with Gasteiger partial charge in [0.2, 0.25) is 0 Å². The molecule has 0 aliphatic rings. The zero-order valence-corrected chi connectivity index (χ0v) is 9.43. The number of hydrogen-bond donors (Lipinski definition) is 1. The molecule has 0 saturated heterocycles. The number of H-pyrrole nitrogens is 1. The summed E-state index contributed by atoms with van der Waals surface area (Å²) >= 11 is 0. The Labute approximate surface area is 90.8 Å². The van der Waals surface area contributed by atoms with Crippen molar-refractivity contribution in [3.05, 3.63) is 47.7 Å². The molecule has 0 bridgehead atoms. The molecule has 1 nitrogen and oxygen atoms in total. The van der Waals surface area contributed by atoms with Crippen molar-refractivity contribution in [3.8, 4) is 0 Å². The molecule has 78 valence electrons. The van der Waals surface area contributed by atoms with Crippen LogP contribution in [0.5, 0.6) is 0 Å². The summed E-state index contributed by atoms with van der Waals surface area (Å²) in [6.45, 7) is 8.21. The molecule has 0 fully saturated rings. The van der Waals surface area contributed by atoms with Crippen LogP contribution in [0.1, 0.15) is 24.6 Å². The molecule has 2 aromatic rings. The van der Waals surface area contributed by atoms with E-state index in [1.54, 1.807) is 0 Å². The average Bonchev–Trinajstić information content (AvgIpc) is 2.54. The Hall–Kier alpha value is -1.50. The third-order valence-electron chi connectivity index (χ3n) is 2.87. The molecule has 1 N–H and O–H groups in total. The van der Waals surface area contributed by atoms with Gasteiger partial charge in [-0.15, -0.1) is 6.58 Å². The Balaban J connectivity index is 2.36. The summed E-state index contributed by atoms with van der Waals surface area (Å²) in [5.41, 5.74) is 5.21. The third kappa shape index (κ3) is 1.96. The highest BCUT2D eigenvalue weighted by atomic mass is 14.7. The second-order valence-corrected chi connectivity index (χ2v) is 4.23. The highest BCUT2D eigenvalue weighted by Gasteiger charge is 2.05. The predicted octanol–water partition coefficient (Wildman–Crippen LogP) is 3.99. The lowest BCUT2D eigenvalue weighted by Gasteiger charge is -1.99. The standard InChI is InChI=1S/C14H17N/c1-10(2)8-9-13-11(3)12-6-4-5-7-14(12)15-13/h4-7,15H,1,8-9H2,2-3H3. The number of aromatic amines is 1. The van der Waals surface area contributed by atoms with Gasteiger partial charge in [-0.25, -0.2) is 0 Å². The maximum absolute atomic E-state index is 3.94. The van der Waals surface area contributed by atoms with Crippen LogP contribution in [-0.2, 0) is 6.42 Å². The van der Waals surface area contributed by atoms with Gasteiger partial charge in [-0.1, -0.05) is 23.8 Å². The quantitative estimate of drug-likeness (QED) is 0.719. The minimum atomic E-state index is 1.06. The van der Waals surface area contributed by atoms with Crippen LogP contribution in [0.2, 0.25) is 0 Å². The first-order chi connectivity index (χ1) is 7.18. The van der Waals surface area contributed by atoms with Crippen molar-refractivity contribution >= 4 is 10.9 Å². The summed E-state index contributed by atoms with van der Waals surface area (Å²) in [5, 5.41) is 1.34. The van der Waals surface area contributed by atoms with E-state index in [0.29, 0.717) is 0 Å². The summed E-state index contributed by atoms with van der Waals surface area (Å²) in [5.74, 6) is 0. The monoisotopic (exact) mass is 199 g/mol. The maximum atomic E-state index is 3.94. The Bertz CT molecular complexity index is 491. The van der Waals surface area contributed by atoms with E-state index in [1.807, 2.05) is 0 Å². The molecule has 1 heteroatoms. The van der Waals surface area contributed by atoms with E-state index in [2.05, 4.69) is 49.7 Å². The number of para-hydroxylation sites is 1. The van der Waals surface area contributed by atoms with Gasteiger partial charge in [0.25, 0.3) is 0 Å². The van der Waals surface area contributed by atoms with E-state index in [9.17, 15) is 0 Å². The van der Waals surface area contributed by atoms with Crippen LogP contribution in [0.15, 0.2) is 36.4 Å². The van der Waals surface area contributed by atoms with Crippen molar-refractivity contribution in [2.75, 3.05) is 0 Å². The van der Waals surface area contributed by atoms with Crippen molar-refractivity contribution in [3.63, 3.8) is 0 Å². The summed E-state index contributed by atoms with van der Waals surface area (Å²) in [6, 6.07) is 8.46. The number of hydrogen-bond acceptors (Lipinski definition) is 0. The van der Waals surface area contributed by atoms with Gasteiger partial charge in [0.1, 0.15) is 0 Å². The summed E-state index contributed by atoms with van der Waals surface area (Å²) in [6.07, 6.45) is 2.13. The smallest absolute Gasteiger partial charge is 0.0458 e. The summed E-state index contributed by atoms with van der Waals surface area (Å²) in [7, 11) is 0. The molecule has 15 heavy (non-hydrogen) atoms. The number of allylic oxidation sites excluding steroid dienone is 1. The SMILES string of the molecule is C=C(C)CCc1[nH]c2ccccc2c1C. The van der Waals surface area contributed by atoms with E-state index in [-0.39, 0.29) is 0 Å². The number of benzene rings is 1. The molecule has 0 atom stereocenters. The number of fused-ring (bicyclic) bond motifs is 1. The predicted molar refractivity (Wildman–Crippen MR) is 66.2 cm³/mol. The van der Waals surface area contributed by atoms with Crippen molar-refractivity contribution in [1.29, 1.82) is 0 Å². The lowest BCUT2D eigenvalue weighted by molar-refractivity contribution is 0.909. The number of aryl methyl sites for hydroxylation is 2. The van der Waals surface area contributed by atoms with E-state index in [4.69, 9.17) is 0 Å². The van der Waals surface area contributed by atoms with Gasteiger partial charge in [0.15, 0.2) is 0 Å². The largest absolute Gasteiger partial charge is 0.358 e. The fourth-order valence-electron chi connectivity index (χ4n) is 1.93. The minimum Gasteiger partial charge on any atom is -0.358 e. The van der Waals surface area contributed by atoms with Crippen molar-refractivity contribution < 1.29 is 0 Å². The normalized spacial score (nSPS) is 10.8. The lowest BCUT2D eigenvalue weighted by atomic mass is 10.1. The van der Waals surface area contributed by atoms with E-state index in [0.717, 1.165) is 12.8 Å². The van der Waals surface area contributed by atoms with Gasteiger partial charge < -0.3 is 4.98 Å². The average molecular weight is 199 g/mol. The number of aromatic nitrogens is 1. The molecule has 0 saturated carbocycles. The second kappa shape index (κ2) is 3.93. The molecular weight excluding hydrogens is 182 g/mol. The van der Waals surface area contributed by atoms with Gasteiger partial charge in [-0.05, 0) is 38.3 Å². The van der Waals surface area contributed by atoms with Crippen LogP contribution < -0.4 is 0 Å². The molecule has 1 aromatic carbocycles. The fraction of sp³-hybridized carbons (Fsp3) is 0.286. The van der Waals surface area contributed by atoms with Gasteiger partial charge in [-0.3, -0.25) is 0 Å². The van der Waals surface area contributed by atoms with Crippen LogP contribution in [0.3, 0.4) is 0 Å². The Kier molecular flexibility index (Phi) is 2.63. The first kappa shape index (κ1) is 10.0. The van der Waals surface area contributed by atoms with E-state index < -0.39 is 0 Å². The first-order valence-corrected chi connectivity index (χ1v) is 5.39. The Morgan fingerprint density at radius 1 is 1.33 bits per heavy atom. The Morgan fingerprint density at radius 3 is 2.73 bits per heavy atom. The maximum Gasteiger partial charge on any atom is 0.0458 e. The topological polar surface area (TPSA) is 15.8 Å². The summed E-state index contributed by atoms with van der Waals surface area (Å²) < 4.78 is 0. The van der Waals surface area contributed by atoms with Crippen molar-refractivity contribution in [1.82, 2.24) is 4.98 Å². The highest BCUT2D eigenvalue weighted by Crippen LogP contribution is 2.22. The molecular formula is C14H17N. The highest BCUT2D eigenvalue weighted by molar-refractivity contribution is 5.84. The van der Waals surface area contributed by atoms with E-state index >= 15 is 0 Å². The second-order valence-electron chi connectivity index (χ2n) is 4.23. The van der Waals surface area contributed by atoms with Crippen molar-refractivity contribution in [2.24, 2.45) is 0 Å². The number of nitrogens with one attached hydrogen (secondary N) is 1. The van der Waals surface area contributed by atoms with E-state index in [1.165, 1.54) is 27.7 Å². The summed E-state index contributed by atoms with van der Waals surface area (Å²) in [4.78, 5) is 3.48. The third-order valence-corrected chi connectivity index (χ3v) is 2.87. The molecule has 0 aliphatic heterocycles. The van der Waals surface area contributed by atoms with Crippen LogP contribution in [0, 0.1) is 6.92 Å².